The van der Waals surface area contributed by atoms with Crippen molar-refractivity contribution in [1.29, 1.82) is 0 Å². The number of carbonyl (C=O) groups is 1. The van der Waals surface area contributed by atoms with E-state index in [-0.39, 0.29) is 17.4 Å². The molecule has 8 nitrogen and oxygen atoms in total. The molecule has 202 valence electrons. The lowest BCUT2D eigenvalue weighted by Gasteiger charge is -2.44. The molecule has 0 bridgehead atoms. The number of carbonyl (C=O) groups excluding carboxylic acids is 1. The van der Waals surface area contributed by atoms with Crippen LogP contribution in [0.3, 0.4) is 0 Å². The highest BCUT2D eigenvalue weighted by molar-refractivity contribution is 5.94. The highest BCUT2D eigenvalue weighted by Crippen LogP contribution is 2.26. The van der Waals surface area contributed by atoms with Crippen molar-refractivity contribution in [2.75, 3.05) is 45.8 Å². The summed E-state index contributed by atoms with van der Waals surface area (Å²) in [7, 11) is 3.95. The molecule has 0 radical (unpaired) electrons. The van der Waals surface area contributed by atoms with Crippen LogP contribution in [0.15, 0.2) is 30.6 Å². The lowest BCUT2D eigenvalue weighted by Crippen LogP contribution is -2.54. The summed E-state index contributed by atoms with van der Waals surface area (Å²) in [5.41, 5.74) is 3.89. The van der Waals surface area contributed by atoms with E-state index < -0.39 is 0 Å². The Labute approximate surface area is 221 Å². The van der Waals surface area contributed by atoms with Gasteiger partial charge in [0.25, 0.3) is 5.91 Å². The molecule has 2 aromatic rings. The smallest absolute Gasteiger partial charge is 0.272 e. The van der Waals surface area contributed by atoms with E-state index in [4.69, 9.17) is 9.47 Å². The number of methoxy groups -OCH3 is 1. The second-order valence-electron chi connectivity index (χ2n) is 11.4. The fourth-order valence-corrected chi connectivity index (χ4v) is 5.44. The summed E-state index contributed by atoms with van der Waals surface area (Å²) in [5.74, 6) is 0.692. The van der Waals surface area contributed by atoms with Gasteiger partial charge in [0.15, 0.2) is 0 Å². The Morgan fingerprint density at radius 3 is 2.51 bits per heavy atom. The Kier molecular flexibility index (Phi) is 8.82. The van der Waals surface area contributed by atoms with Crippen LogP contribution in [-0.2, 0) is 21.4 Å². The molecule has 1 aromatic heterocycles. The Morgan fingerprint density at radius 2 is 1.86 bits per heavy atom. The van der Waals surface area contributed by atoms with Gasteiger partial charge < -0.3 is 19.7 Å². The van der Waals surface area contributed by atoms with Crippen LogP contribution in [-0.4, -0.2) is 84.3 Å². The minimum Gasteiger partial charge on any atom is -0.379 e. The maximum Gasteiger partial charge on any atom is 0.272 e. The van der Waals surface area contributed by atoms with Crippen molar-refractivity contribution in [1.82, 2.24) is 19.8 Å². The molecule has 2 aliphatic rings. The Hall–Kier alpha value is -2.55. The number of hydrogen-bond donors (Lipinski definition) is 1. The molecule has 3 heterocycles. The number of hydrogen-bond acceptors (Lipinski definition) is 7. The van der Waals surface area contributed by atoms with Crippen LogP contribution >= 0.6 is 0 Å². The number of anilines is 1. The average Bonchev–Trinajstić information content (AvgIpc) is 2.91. The van der Waals surface area contributed by atoms with Gasteiger partial charge in [-0.15, -0.1) is 0 Å². The van der Waals surface area contributed by atoms with Crippen molar-refractivity contribution in [3.05, 3.63) is 53.0 Å². The third-order valence-corrected chi connectivity index (χ3v) is 7.99. The zero-order chi connectivity index (χ0) is 26.6. The number of ether oxygens (including phenoxy) is 2. The van der Waals surface area contributed by atoms with Gasteiger partial charge in [-0.05, 0) is 49.8 Å². The number of amides is 1. The molecular formula is C29H43N5O3. The molecule has 0 saturated carbocycles. The van der Waals surface area contributed by atoms with Gasteiger partial charge in [-0.1, -0.05) is 45.0 Å². The first-order valence-corrected chi connectivity index (χ1v) is 13.5. The largest absolute Gasteiger partial charge is 0.379 e. The third-order valence-electron chi connectivity index (χ3n) is 7.99. The van der Waals surface area contributed by atoms with Crippen LogP contribution in [0, 0.1) is 6.92 Å². The summed E-state index contributed by atoms with van der Waals surface area (Å²) >= 11 is 0. The van der Waals surface area contributed by atoms with E-state index >= 15 is 0 Å². The Morgan fingerprint density at radius 1 is 1.16 bits per heavy atom. The van der Waals surface area contributed by atoms with Crippen molar-refractivity contribution in [2.24, 2.45) is 0 Å². The van der Waals surface area contributed by atoms with Crippen LogP contribution < -0.4 is 5.32 Å². The van der Waals surface area contributed by atoms with Crippen molar-refractivity contribution in [2.45, 2.75) is 77.1 Å². The van der Waals surface area contributed by atoms with Gasteiger partial charge >= 0.3 is 0 Å². The molecule has 2 atom stereocenters. The van der Waals surface area contributed by atoms with Crippen molar-refractivity contribution < 1.29 is 14.3 Å². The van der Waals surface area contributed by atoms with Crippen LogP contribution in [0.4, 0.5) is 5.82 Å². The summed E-state index contributed by atoms with van der Waals surface area (Å²) < 4.78 is 11.3. The van der Waals surface area contributed by atoms with Gasteiger partial charge in [-0.2, -0.15) is 0 Å². The summed E-state index contributed by atoms with van der Waals surface area (Å²) in [5, 5.41) is 3.40. The molecule has 4 rings (SSSR count). The number of aromatic nitrogens is 2. The summed E-state index contributed by atoms with van der Waals surface area (Å²) in [4.78, 5) is 26.6. The topological polar surface area (TPSA) is 79.8 Å². The normalized spacial score (nSPS) is 21.3. The monoisotopic (exact) mass is 509 g/mol. The van der Waals surface area contributed by atoms with Crippen LogP contribution in [0.25, 0.3) is 0 Å². The van der Waals surface area contributed by atoms with Crippen molar-refractivity contribution in [3.63, 3.8) is 0 Å². The Balaban J connectivity index is 1.35. The zero-order valence-electron chi connectivity index (χ0n) is 23.3. The molecule has 0 aliphatic carbocycles. The van der Waals surface area contributed by atoms with E-state index in [1.165, 1.54) is 17.5 Å². The van der Waals surface area contributed by atoms with Crippen LogP contribution in [0.5, 0.6) is 0 Å². The molecule has 1 aromatic carbocycles. The van der Waals surface area contributed by atoms with E-state index in [1.807, 2.05) is 11.8 Å². The van der Waals surface area contributed by atoms with E-state index in [0.717, 1.165) is 44.5 Å². The number of likely N-dealkylation sites (N-methyl/N-ethyl adjacent to an activating group) is 1. The van der Waals surface area contributed by atoms with Crippen LogP contribution in [0.1, 0.15) is 67.2 Å². The minimum atomic E-state index is -0.0144. The molecule has 2 saturated heterocycles. The highest BCUT2D eigenvalue weighted by atomic mass is 16.5. The number of piperidine rings is 1. The molecule has 1 N–H and O–H groups in total. The summed E-state index contributed by atoms with van der Waals surface area (Å²) in [6.07, 6.45) is 4.45. The molecule has 2 aliphatic heterocycles. The number of benzene rings is 1. The van der Waals surface area contributed by atoms with Gasteiger partial charge in [-0.25, -0.2) is 9.97 Å². The first kappa shape index (κ1) is 27.5. The second kappa shape index (κ2) is 11.9. The molecule has 37 heavy (non-hydrogen) atoms. The molecule has 2 fully saturated rings. The maximum absolute atomic E-state index is 13.4. The minimum absolute atomic E-state index is 0.0144. The highest BCUT2D eigenvalue weighted by Gasteiger charge is 2.35. The van der Waals surface area contributed by atoms with Gasteiger partial charge in [0.2, 0.25) is 0 Å². The quantitative estimate of drug-likeness (QED) is 0.604. The van der Waals surface area contributed by atoms with E-state index in [0.29, 0.717) is 36.7 Å². The molecule has 2 unspecified atom stereocenters. The first-order chi connectivity index (χ1) is 17.7. The zero-order valence-corrected chi connectivity index (χ0v) is 23.3. The average molecular weight is 510 g/mol. The van der Waals surface area contributed by atoms with E-state index in [9.17, 15) is 4.79 Å². The SMILES string of the molecule is COC1COCCC1N(C)C1CCN(C(=O)c2ncnc(NCc3ccc(C(C)(C)C)cc3)c2C)CC1. The molecule has 8 heteroatoms. The molecule has 1 amide bonds. The number of rotatable bonds is 7. The lowest BCUT2D eigenvalue weighted by molar-refractivity contribution is -0.0891. The van der Waals surface area contributed by atoms with Gasteiger partial charge in [0, 0.05) is 51.0 Å². The van der Waals surface area contributed by atoms with E-state index in [2.05, 4.69) is 72.3 Å². The van der Waals surface area contributed by atoms with Crippen molar-refractivity contribution >= 4 is 11.7 Å². The van der Waals surface area contributed by atoms with Gasteiger partial charge in [0.1, 0.15) is 17.8 Å². The number of likely N-dealkylation sites (tertiary alicyclic amines) is 1. The van der Waals surface area contributed by atoms with Crippen LogP contribution in [0.2, 0.25) is 0 Å². The summed E-state index contributed by atoms with van der Waals surface area (Å²) in [6, 6.07) is 9.43. The standard InChI is InChI=1S/C29H43N5O3/c1-20-26(31-19-32-27(20)30-17-21-7-9-22(10-8-21)29(2,3)4)28(35)34-14-11-23(12-15-34)33(5)24-13-16-37-18-25(24)36-6/h7-10,19,23-25H,11-18H2,1-6H3,(H,30,31,32). The maximum atomic E-state index is 13.4. The fourth-order valence-electron chi connectivity index (χ4n) is 5.44. The number of nitrogens with one attached hydrogen (secondary N) is 1. The van der Waals surface area contributed by atoms with Crippen molar-refractivity contribution in [3.8, 4) is 0 Å². The first-order valence-electron chi connectivity index (χ1n) is 13.5. The predicted molar refractivity (Wildman–Crippen MR) is 146 cm³/mol. The number of nitrogens with zero attached hydrogens (tertiary/aromatic N) is 4. The van der Waals surface area contributed by atoms with Gasteiger partial charge in [-0.3, -0.25) is 9.69 Å². The van der Waals surface area contributed by atoms with E-state index in [1.54, 1.807) is 7.11 Å². The van der Waals surface area contributed by atoms with Gasteiger partial charge in [0.05, 0.1) is 12.7 Å². The fraction of sp³-hybridized carbons (Fsp3) is 0.621. The second-order valence-corrected chi connectivity index (χ2v) is 11.4. The third kappa shape index (κ3) is 6.48. The summed E-state index contributed by atoms with van der Waals surface area (Å²) in [6.45, 7) is 12.1. The Bertz CT molecular complexity index is 1040. The molecular weight excluding hydrogens is 466 g/mol. The molecule has 0 spiro atoms. The lowest BCUT2D eigenvalue weighted by atomic mass is 9.87. The predicted octanol–water partition coefficient (Wildman–Crippen LogP) is 4.03.